The van der Waals surface area contributed by atoms with E-state index in [9.17, 15) is 4.79 Å². The molecule has 0 aliphatic carbocycles. The highest BCUT2D eigenvalue weighted by atomic mass is 32.1. The maximum absolute atomic E-state index is 11.9. The summed E-state index contributed by atoms with van der Waals surface area (Å²) in [7, 11) is 0. The van der Waals surface area contributed by atoms with Crippen molar-refractivity contribution < 1.29 is 14.3 Å². The van der Waals surface area contributed by atoms with Crippen LogP contribution < -0.4 is 9.47 Å². The van der Waals surface area contributed by atoms with E-state index in [2.05, 4.69) is 11.1 Å². The molecule has 6 heteroatoms. The number of aromatic nitrogens is 1. The fraction of sp³-hybridized carbons (Fsp3) is 0.263. The number of amides is 1. The molecule has 3 aromatic rings. The monoisotopic (exact) mass is 356 g/mol. The zero-order valence-corrected chi connectivity index (χ0v) is 15.1. The Morgan fingerprint density at radius 2 is 1.72 bits per heavy atom. The molecule has 0 N–H and O–H groups in total. The zero-order valence-electron chi connectivity index (χ0n) is 14.3. The molecule has 5 nitrogen and oxygen atoms in total. The van der Waals surface area contributed by atoms with Crippen LogP contribution in [0.1, 0.15) is 18.9 Å². The van der Waals surface area contributed by atoms with Crippen LogP contribution in [0.15, 0.2) is 48.5 Å². The number of thiazole rings is 1. The van der Waals surface area contributed by atoms with Crippen LogP contribution in [-0.4, -0.2) is 29.1 Å². The average molecular weight is 356 g/mol. The van der Waals surface area contributed by atoms with Crippen molar-refractivity contribution in [3.63, 3.8) is 0 Å². The van der Waals surface area contributed by atoms with Gasteiger partial charge >= 0.3 is 6.09 Å². The standard InChI is InChI=1S/C19H20N2O3S/c1-3-21(4-2)19(22)24-15-11-9-14(10-12-15)23-13-18-20-16-7-5-6-8-17(16)25-18/h5-12H,3-4,13H2,1-2H3. The van der Waals surface area contributed by atoms with Crippen molar-refractivity contribution >= 4 is 27.6 Å². The molecule has 1 amide bonds. The van der Waals surface area contributed by atoms with Gasteiger partial charge in [-0.3, -0.25) is 0 Å². The summed E-state index contributed by atoms with van der Waals surface area (Å²) in [5, 5.41) is 0.929. The fourth-order valence-corrected chi connectivity index (χ4v) is 3.26. The maximum atomic E-state index is 11.9. The van der Waals surface area contributed by atoms with E-state index in [0.29, 0.717) is 31.2 Å². The molecule has 0 bridgehead atoms. The Kier molecular flexibility index (Phi) is 5.50. The van der Waals surface area contributed by atoms with Crippen LogP contribution in [0.3, 0.4) is 0 Å². The Balaban J connectivity index is 1.58. The molecule has 0 aliphatic heterocycles. The van der Waals surface area contributed by atoms with Gasteiger partial charge in [-0.05, 0) is 50.2 Å². The molecule has 2 aromatic carbocycles. The smallest absolute Gasteiger partial charge is 0.415 e. The first-order chi connectivity index (χ1) is 12.2. The van der Waals surface area contributed by atoms with Gasteiger partial charge in [-0.2, -0.15) is 0 Å². The lowest BCUT2D eigenvalue weighted by Crippen LogP contribution is -2.33. The van der Waals surface area contributed by atoms with Gasteiger partial charge in [0.1, 0.15) is 23.1 Å². The number of hydrogen-bond acceptors (Lipinski definition) is 5. The zero-order chi connectivity index (χ0) is 17.6. The Hall–Kier alpha value is -2.60. The molecular formula is C19H20N2O3S. The molecular weight excluding hydrogens is 336 g/mol. The molecule has 0 radical (unpaired) electrons. The quantitative estimate of drug-likeness (QED) is 0.641. The van der Waals surface area contributed by atoms with Gasteiger partial charge < -0.3 is 14.4 Å². The number of carbonyl (C=O) groups is 1. The van der Waals surface area contributed by atoms with Crippen molar-refractivity contribution in [2.75, 3.05) is 13.1 Å². The highest BCUT2D eigenvalue weighted by Gasteiger charge is 2.12. The first-order valence-electron chi connectivity index (χ1n) is 8.23. The van der Waals surface area contributed by atoms with E-state index in [-0.39, 0.29) is 6.09 Å². The first-order valence-corrected chi connectivity index (χ1v) is 9.05. The lowest BCUT2D eigenvalue weighted by atomic mass is 10.3. The topological polar surface area (TPSA) is 51.7 Å². The third-order valence-electron chi connectivity index (χ3n) is 3.75. The number of nitrogens with zero attached hydrogens (tertiary/aromatic N) is 2. The second kappa shape index (κ2) is 7.98. The van der Waals surface area contributed by atoms with Gasteiger partial charge in [0, 0.05) is 13.1 Å². The van der Waals surface area contributed by atoms with Gasteiger partial charge in [0.25, 0.3) is 0 Å². The molecule has 25 heavy (non-hydrogen) atoms. The van der Waals surface area contributed by atoms with Crippen LogP contribution in [0.4, 0.5) is 4.79 Å². The van der Waals surface area contributed by atoms with Crippen molar-refractivity contribution in [3.05, 3.63) is 53.5 Å². The lowest BCUT2D eigenvalue weighted by molar-refractivity contribution is 0.157. The molecule has 0 unspecified atom stereocenters. The Bertz CT molecular complexity index is 808. The Morgan fingerprint density at radius 3 is 2.40 bits per heavy atom. The number of hydrogen-bond donors (Lipinski definition) is 0. The van der Waals surface area contributed by atoms with Gasteiger partial charge in [0.2, 0.25) is 0 Å². The van der Waals surface area contributed by atoms with Crippen molar-refractivity contribution in [2.24, 2.45) is 0 Å². The minimum absolute atomic E-state index is 0.340. The summed E-state index contributed by atoms with van der Waals surface area (Å²) < 4.78 is 12.3. The molecule has 3 rings (SSSR count). The van der Waals surface area contributed by atoms with Gasteiger partial charge in [-0.25, -0.2) is 9.78 Å². The van der Waals surface area contributed by atoms with Gasteiger partial charge in [0.05, 0.1) is 10.2 Å². The van der Waals surface area contributed by atoms with Crippen molar-refractivity contribution in [1.29, 1.82) is 0 Å². The molecule has 1 heterocycles. The molecule has 0 saturated carbocycles. The highest BCUT2D eigenvalue weighted by molar-refractivity contribution is 7.18. The molecule has 0 spiro atoms. The molecule has 0 saturated heterocycles. The summed E-state index contributed by atoms with van der Waals surface area (Å²) in [5.41, 5.74) is 0.991. The summed E-state index contributed by atoms with van der Waals surface area (Å²) in [6, 6.07) is 15.1. The number of para-hydroxylation sites is 1. The molecule has 130 valence electrons. The minimum Gasteiger partial charge on any atom is -0.486 e. The van der Waals surface area contributed by atoms with E-state index in [0.717, 1.165) is 15.2 Å². The van der Waals surface area contributed by atoms with E-state index < -0.39 is 0 Å². The fourth-order valence-electron chi connectivity index (χ4n) is 2.38. The summed E-state index contributed by atoms with van der Waals surface area (Å²) >= 11 is 1.63. The molecule has 0 fully saturated rings. The van der Waals surface area contributed by atoms with Crippen molar-refractivity contribution in [1.82, 2.24) is 9.88 Å². The number of ether oxygens (including phenoxy) is 2. The summed E-state index contributed by atoms with van der Waals surface area (Å²) in [6.07, 6.45) is -0.340. The minimum atomic E-state index is -0.340. The lowest BCUT2D eigenvalue weighted by Gasteiger charge is -2.17. The average Bonchev–Trinajstić information content (AvgIpc) is 3.05. The van der Waals surface area contributed by atoms with Gasteiger partial charge in [-0.15, -0.1) is 11.3 Å². The third kappa shape index (κ3) is 4.28. The number of rotatable bonds is 6. The molecule has 0 aliphatic rings. The predicted octanol–water partition coefficient (Wildman–Crippen LogP) is 4.72. The molecule has 1 aromatic heterocycles. The number of fused-ring (bicyclic) bond motifs is 1. The van der Waals surface area contributed by atoms with E-state index in [1.165, 1.54) is 0 Å². The van der Waals surface area contributed by atoms with Crippen molar-refractivity contribution in [3.8, 4) is 11.5 Å². The SMILES string of the molecule is CCN(CC)C(=O)Oc1ccc(OCc2nc3ccccc3s2)cc1. The van der Waals surface area contributed by atoms with Gasteiger partial charge in [-0.1, -0.05) is 12.1 Å². The second-order valence-electron chi connectivity index (χ2n) is 5.38. The van der Waals surface area contributed by atoms with E-state index in [1.807, 2.05) is 32.0 Å². The summed E-state index contributed by atoms with van der Waals surface area (Å²) in [4.78, 5) is 18.1. The molecule has 0 atom stereocenters. The van der Waals surface area contributed by atoms with Crippen LogP contribution in [0.2, 0.25) is 0 Å². The number of carbonyl (C=O) groups excluding carboxylic acids is 1. The van der Waals surface area contributed by atoms with Crippen LogP contribution in [-0.2, 0) is 6.61 Å². The normalized spacial score (nSPS) is 10.6. The largest absolute Gasteiger partial charge is 0.486 e. The van der Waals surface area contributed by atoms with E-state index in [4.69, 9.17) is 9.47 Å². The van der Waals surface area contributed by atoms with Crippen LogP contribution in [0.5, 0.6) is 11.5 Å². The highest BCUT2D eigenvalue weighted by Crippen LogP contribution is 2.24. The van der Waals surface area contributed by atoms with Gasteiger partial charge in [0.15, 0.2) is 0 Å². The van der Waals surface area contributed by atoms with Crippen LogP contribution in [0, 0.1) is 0 Å². The maximum Gasteiger partial charge on any atom is 0.415 e. The Morgan fingerprint density at radius 1 is 1.04 bits per heavy atom. The third-order valence-corrected chi connectivity index (χ3v) is 4.76. The van der Waals surface area contributed by atoms with E-state index in [1.54, 1.807) is 40.5 Å². The summed E-state index contributed by atoms with van der Waals surface area (Å²) in [5.74, 6) is 1.21. The number of benzene rings is 2. The first kappa shape index (κ1) is 17.2. The van der Waals surface area contributed by atoms with Crippen LogP contribution >= 0.6 is 11.3 Å². The second-order valence-corrected chi connectivity index (χ2v) is 6.49. The van der Waals surface area contributed by atoms with Crippen molar-refractivity contribution in [2.45, 2.75) is 20.5 Å². The summed E-state index contributed by atoms with van der Waals surface area (Å²) in [6.45, 7) is 5.50. The Labute approximate surface area is 150 Å². The predicted molar refractivity (Wildman–Crippen MR) is 99.3 cm³/mol. The van der Waals surface area contributed by atoms with Crippen LogP contribution in [0.25, 0.3) is 10.2 Å². The van der Waals surface area contributed by atoms with E-state index >= 15 is 0 Å².